The van der Waals surface area contributed by atoms with Gasteiger partial charge in [0.1, 0.15) is 11.2 Å². The van der Waals surface area contributed by atoms with E-state index in [0.717, 1.165) is 21.9 Å². The number of aryl methyl sites for hydroxylation is 1. The SMILES string of the molecule is Cc1ccc(-c2ccc3c(c2)c2cc(-c4ccc(-c5c6ccccc6c(-c6cccc7ccccc67)c6ccccc56)cc4)ccc2c2cc4oc5ccccc5c4cc32)cc1. The van der Waals surface area contributed by atoms with Gasteiger partial charge in [-0.3, -0.25) is 0 Å². The summed E-state index contributed by atoms with van der Waals surface area (Å²) in [6.45, 7) is 2.14. The summed E-state index contributed by atoms with van der Waals surface area (Å²) in [5.74, 6) is 0. The molecule has 0 unspecified atom stereocenters. The van der Waals surface area contributed by atoms with E-state index < -0.39 is 0 Å². The number of fused-ring (bicyclic) bond motifs is 12. The van der Waals surface area contributed by atoms with E-state index in [1.54, 1.807) is 0 Å². The van der Waals surface area contributed by atoms with E-state index in [-0.39, 0.29) is 0 Å². The zero-order valence-electron chi connectivity index (χ0n) is 34.1. The average Bonchev–Trinajstić information content (AvgIpc) is 3.70. The Morgan fingerprint density at radius 1 is 0.258 bits per heavy atom. The van der Waals surface area contributed by atoms with E-state index in [1.807, 2.05) is 6.07 Å². The summed E-state index contributed by atoms with van der Waals surface area (Å²) in [6.07, 6.45) is 0. The van der Waals surface area contributed by atoms with Gasteiger partial charge >= 0.3 is 0 Å². The molecule has 0 aliphatic carbocycles. The lowest BCUT2D eigenvalue weighted by Crippen LogP contribution is -1.91. The Morgan fingerprint density at radius 3 is 1.37 bits per heavy atom. The van der Waals surface area contributed by atoms with E-state index in [9.17, 15) is 0 Å². The van der Waals surface area contributed by atoms with Crippen LogP contribution in [-0.2, 0) is 0 Å². The van der Waals surface area contributed by atoms with Crippen LogP contribution in [0.5, 0.6) is 0 Å². The van der Waals surface area contributed by atoms with Crippen molar-refractivity contribution in [2.45, 2.75) is 6.92 Å². The molecule has 0 saturated heterocycles. The van der Waals surface area contributed by atoms with E-state index in [1.165, 1.54) is 115 Å². The minimum atomic E-state index is 0.917. The second-order valence-corrected chi connectivity index (χ2v) is 16.8. The van der Waals surface area contributed by atoms with Crippen LogP contribution in [0.3, 0.4) is 0 Å². The van der Waals surface area contributed by atoms with Crippen LogP contribution in [-0.4, -0.2) is 0 Å². The number of para-hydroxylation sites is 1. The topological polar surface area (TPSA) is 13.1 Å². The lowest BCUT2D eigenvalue weighted by molar-refractivity contribution is 0.669. The van der Waals surface area contributed by atoms with Gasteiger partial charge in [0.05, 0.1) is 0 Å². The van der Waals surface area contributed by atoms with Gasteiger partial charge in [0.15, 0.2) is 0 Å². The first-order valence-corrected chi connectivity index (χ1v) is 21.5. The standard InChI is InChI=1S/C61H38O/c1-37-21-23-38(24-22-37)42-29-31-45-53(33-42)54-34-43(30-32-46(54)56-36-59-57(35-55(45)56)47-14-8-9-20-58(47)62-59)39-25-27-41(28-26-39)60-49-15-4-6-17-51(49)61(52-18-7-5-16-50(52)60)48-19-10-12-40-11-2-3-13-44(40)48/h2-36H,1H3. The second kappa shape index (κ2) is 13.5. The van der Waals surface area contributed by atoms with Gasteiger partial charge in [-0.2, -0.15) is 0 Å². The Hall–Kier alpha value is -8.00. The minimum absolute atomic E-state index is 0.917. The molecule has 13 aromatic rings. The van der Waals surface area contributed by atoms with Crippen LogP contribution in [0.2, 0.25) is 0 Å². The van der Waals surface area contributed by atoms with Crippen LogP contribution < -0.4 is 0 Å². The van der Waals surface area contributed by atoms with E-state index in [2.05, 4.69) is 213 Å². The third-order valence-corrected chi connectivity index (χ3v) is 13.3. The molecule has 1 heteroatoms. The maximum Gasteiger partial charge on any atom is 0.136 e. The van der Waals surface area contributed by atoms with Crippen molar-refractivity contribution >= 4 is 86.6 Å². The summed E-state index contributed by atoms with van der Waals surface area (Å²) in [5, 5.41) is 17.3. The Bertz CT molecular complexity index is 3900. The number of hydrogen-bond acceptors (Lipinski definition) is 1. The van der Waals surface area contributed by atoms with Crippen molar-refractivity contribution < 1.29 is 4.42 Å². The molecule has 0 bridgehead atoms. The molecule has 1 aromatic heterocycles. The molecule has 0 atom stereocenters. The summed E-state index contributed by atoms with van der Waals surface area (Å²) in [6, 6.07) is 78.4. The van der Waals surface area contributed by atoms with Gasteiger partial charge in [-0.25, -0.2) is 0 Å². The fraction of sp³-hybridized carbons (Fsp3) is 0.0164. The van der Waals surface area contributed by atoms with Crippen LogP contribution in [0.15, 0.2) is 217 Å². The van der Waals surface area contributed by atoms with Crippen molar-refractivity contribution in [2.24, 2.45) is 0 Å². The summed E-state index contributed by atoms with van der Waals surface area (Å²) < 4.78 is 6.45. The molecular formula is C61H38O. The highest BCUT2D eigenvalue weighted by Crippen LogP contribution is 2.46. The molecule has 1 heterocycles. The first kappa shape index (κ1) is 34.8. The summed E-state index contributed by atoms with van der Waals surface area (Å²) in [5.41, 5.74) is 12.9. The monoisotopic (exact) mass is 786 g/mol. The molecule has 1 nitrogen and oxygen atoms in total. The third kappa shape index (κ3) is 5.28. The largest absolute Gasteiger partial charge is 0.456 e. The van der Waals surface area contributed by atoms with Crippen LogP contribution in [0, 0.1) is 6.92 Å². The number of rotatable bonds is 4. The van der Waals surface area contributed by atoms with Crippen molar-refractivity contribution in [2.75, 3.05) is 0 Å². The van der Waals surface area contributed by atoms with Gasteiger partial charge in [0.25, 0.3) is 0 Å². The Morgan fingerprint density at radius 2 is 0.726 bits per heavy atom. The maximum atomic E-state index is 6.45. The predicted molar refractivity (Wildman–Crippen MR) is 265 cm³/mol. The van der Waals surface area contributed by atoms with Gasteiger partial charge in [-0.15, -0.1) is 0 Å². The maximum absolute atomic E-state index is 6.45. The highest BCUT2D eigenvalue weighted by atomic mass is 16.3. The minimum Gasteiger partial charge on any atom is -0.456 e. The molecule has 0 aliphatic rings. The zero-order valence-corrected chi connectivity index (χ0v) is 34.1. The van der Waals surface area contributed by atoms with E-state index >= 15 is 0 Å². The molecule has 0 saturated carbocycles. The van der Waals surface area contributed by atoms with Crippen LogP contribution in [0.1, 0.15) is 5.56 Å². The molecule has 0 N–H and O–H groups in total. The van der Waals surface area contributed by atoms with E-state index in [0.29, 0.717) is 0 Å². The molecular weight excluding hydrogens is 749 g/mol. The quantitative estimate of drug-likeness (QED) is 0.128. The number of hydrogen-bond donors (Lipinski definition) is 0. The van der Waals surface area contributed by atoms with Crippen molar-refractivity contribution in [1.82, 2.24) is 0 Å². The van der Waals surface area contributed by atoms with Crippen LogP contribution in [0.4, 0.5) is 0 Å². The first-order chi connectivity index (χ1) is 30.6. The van der Waals surface area contributed by atoms with Gasteiger partial charge in [-0.05, 0) is 146 Å². The van der Waals surface area contributed by atoms with Gasteiger partial charge in [0.2, 0.25) is 0 Å². The summed E-state index contributed by atoms with van der Waals surface area (Å²) in [4.78, 5) is 0. The normalized spacial score (nSPS) is 12.0. The van der Waals surface area contributed by atoms with Crippen LogP contribution >= 0.6 is 0 Å². The molecule has 12 aromatic carbocycles. The van der Waals surface area contributed by atoms with Gasteiger partial charge < -0.3 is 4.42 Å². The van der Waals surface area contributed by atoms with Crippen molar-refractivity contribution in [3.05, 3.63) is 218 Å². The molecule has 0 radical (unpaired) electrons. The second-order valence-electron chi connectivity index (χ2n) is 16.8. The molecule has 0 fully saturated rings. The fourth-order valence-electron chi connectivity index (χ4n) is 10.3. The van der Waals surface area contributed by atoms with Gasteiger partial charge in [-0.1, -0.05) is 188 Å². The Balaban J connectivity index is 0.998. The lowest BCUT2D eigenvalue weighted by atomic mass is 9.84. The van der Waals surface area contributed by atoms with Crippen LogP contribution in [0.25, 0.3) is 131 Å². The highest BCUT2D eigenvalue weighted by molar-refractivity contribution is 6.29. The molecule has 288 valence electrons. The van der Waals surface area contributed by atoms with Crippen molar-refractivity contribution in [1.29, 1.82) is 0 Å². The number of furan rings is 1. The highest BCUT2D eigenvalue weighted by Gasteiger charge is 2.19. The molecule has 0 amide bonds. The Kier molecular flexibility index (Phi) is 7.59. The average molecular weight is 787 g/mol. The van der Waals surface area contributed by atoms with Crippen molar-refractivity contribution in [3.63, 3.8) is 0 Å². The smallest absolute Gasteiger partial charge is 0.136 e. The summed E-state index contributed by atoms with van der Waals surface area (Å²) >= 11 is 0. The molecule has 0 spiro atoms. The lowest BCUT2D eigenvalue weighted by Gasteiger charge is -2.19. The first-order valence-electron chi connectivity index (χ1n) is 21.5. The van der Waals surface area contributed by atoms with Crippen molar-refractivity contribution in [3.8, 4) is 44.5 Å². The molecule has 62 heavy (non-hydrogen) atoms. The van der Waals surface area contributed by atoms with E-state index in [4.69, 9.17) is 4.42 Å². The molecule has 13 rings (SSSR count). The fourth-order valence-corrected chi connectivity index (χ4v) is 10.3. The Labute approximate surface area is 358 Å². The zero-order chi connectivity index (χ0) is 40.9. The predicted octanol–water partition coefficient (Wildman–Crippen LogP) is 17.5. The molecule has 0 aliphatic heterocycles. The number of benzene rings is 12. The third-order valence-electron chi connectivity index (χ3n) is 13.3. The van der Waals surface area contributed by atoms with Gasteiger partial charge in [0, 0.05) is 10.8 Å². The summed E-state index contributed by atoms with van der Waals surface area (Å²) in [7, 11) is 0.